The molecule has 0 aromatic heterocycles. The summed E-state index contributed by atoms with van der Waals surface area (Å²) in [7, 11) is -1.46. The van der Waals surface area contributed by atoms with Crippen LogP contribution in [0.1, 0.15) is 31.4 Å². The molecule has 0 spiro atoms. The topological polar surface area (TPSA) is 105 Å². The van der Waals surface area contributed by atoms with E-state index < -0.39 is 34.4 Å². The lowest BCUT2D eigenvalue weighted by Gasteiger charge is -2.35. The predicted octanol–water partition coefficient (Wildman–Crippen LogP) is 6.76. The summed E-state index contributed by atoms with van der Waals surface area (Å²) in [5.41, 5.74) is 1.37. The van der Waals surface area contributed by atoms with E-state index in [9.17, 15) is 18.0 Å². The number of carbonyl (C=O) groups excluding carboxylic acids is 2. The molecule has 0 bridgehead atoms. The van der Waals surface area contributed by atoms with Crippen LogP contribution in [-0.2, 0) is 32.6 Å². The Morgan fingerprint density at radius 1 is 0.833 bits per heavy atom. The molecule has 2 atom stereocenters. The van der Waals surface area contributed by atoms with Crippen molar-refractivity contribution >= 4 is 50.7 Å². The molecule has 0 fully saturated rings. The number of hydrogen-bond donors (Lipinski definition) is 1. The third-order valence-electron chi connectivity index (χ3n) is 7.94. The van der Waals surface area contributed by atoms with Crippen LogP contribution in [0.3, 0.4) is 0 Å². The highest BCUT2D eigenvalue weighted by atomic mass is 35.5. The molecule has 48 heavy (non-hydrogen) atoms. The number of benzene rings is 4. The average Bonchev–Trinajstić information content (AvgIpc) is 3.09. The molecule has 0 saturated heterocycles. The minimum Gasteiger partial charge on any atom is -0.497 e. The fraction of sp³-hybridized carbons (Fsp3) is 0.278. The highest BCUT2D eigenvalue weighted by molar-refractivity contribution is 7.92. The molecule has 4 aromatic rings. The number of para-hydroxylation sites is 2. The fourth-order valence-corrected chi connectivity index (χ4v) is 7.01. The van der Waals surface area contributed by atoms with Gasteiger partial charge < -0.3 is 19.7 Å². The monoisotopic (exact) mass is 711 g/mol. The van der Waals surface area contributed by atoms with Crippen molar-refractivity contribution in [2.75, 3.05) is 25.1 Å². The van der Waals surface area contributed by atoms with Crippen molar-refractivity contribution in [2.24, 2.45) is 0 Å². The molecule has 0 aliphatic heterocycles. The molecule has 12 heteroatoms. The molecule has 0 saturated carbocycles. The van der Waals surface area contributed by atoms with Crippen molar-refractivity contribution in [1.29, 1.82) is 0 Å². The number of methoxy groups -OCH3 is 2. The van der Waals surface area contributed by atoms with E-state index in [1.807, 2.05) is 44.2 Å². The molecule has 0 aliphatic rings. The Bertz CT molecular complexity index is 1790. The van der Waals surface area contributed by atoms with Crippen molar-refractivity contribution in [3.8, 4) is 11.5 Å². The maximum absolute atomic E-state index is 14.7. The molecular formula is C36H39Cl2N3O6S. The normalized spacial score (nSPS) is 12.5. The number of amides is 2. The van der Waals surface area contributed by atoms with Gasteiger partial charge in [0.1, 0.15) is 24.1 Å². The molecular weight excluding hydrogens is 673 g/mol. The SMILES string of the molecule is CCC(C)NC(=O)C(Cc1ccccc1)N(Cc1c(Cl)cccc1Cl)C(=O)CN(c1ccccc1OC)S(=O)(=O)c1ccc(OC)cc1. The Hall–Kier alpha value is -4.25. The first kappa shape index (κ1) is 36.6. The number of carbonyl (C=O) groups is 2. The largest absolute Gasteiger partial charge is 0.497 e. The van der Waals surface area contributed by atoms with E-state index >= 15 is 0 Å². The zero-order valence-corrected chi connectivity index (χ0v) is 29.6. The van der Waals surface area contributed by atoms with Crippen LogP contribution in [0.25, 0.3) is 0 Å². The number of sulfonamides is 1. The molecule has 0 aliphatic carbocycles. The standard InChI is InChI=1S/C36H39Cl2N3O6S/c1-5-25(2)39-36(43)33(22-26-12-7-6-8-13-26)40(23-29-30(37)14-11-15-31(29)38)35(42)24-41(32-16-9-10-17-34(32)47-4)48(44,45)28-20-18-27(46-3)19-21-28/h6-21,25,33H,5,22-24H2,1-4H3,(H,39,43). The summed E-state index contributed by atoms with van der Waals surface area (Å²) in [4.78, 5) is 30.0. The van der Waals surface area contributed by atoms with Crippen LogP contribution >= 0.6 is 23.2 Å². The predicted molar refractivity (Wildman–Crippen MR) is 189 cm³/mol. The summed E-state index contributed by atoms with van der Waals surface area (Å²) in [5, 5.41) is 3.61. The number of ether oxygens (including phenoxy) is 2. The zero-order chi connectivity index (χ0) is 34.8. The van der Waals surface area contributed by atoms with Crippen molar-refractivity contribution in [1.82, 2.24) is 10.2 Å². The summed E-state index contributed by atoms with van der Waals surface area (Å²) in [6.07, 6.45) is 0.812. The van der Waals surface area contributed by atoms with Crippen LogP contribution in [0.5, 0.6) is 11.5 Å². The van der Waals surface area contributed by atoms with Gasteiger partial charge in [0.2, 0.25) is 11.8 Å². The number of hydrogen-bond acceptors (Lipinski definition) is 6. The maximum atomic E-state index is 14.7. The Morgan fingerprint density at radius 3 is 2.06 bits per heavy atom. The summed E-state index contributed by atoms with van der Waals surface area (Å²) in [6.45, 7) is 2.99. The van der Waals surface area contributed by atoms with Crippen molar-refractivity contribution < 1.29 is 27.5 Å². The van der Waals surface area contributed by atoms with Crippen LogP contribution in [0, 0.1) is 0 Å². The first-order valence-electron chi connectivity index (χ1n) is 15.4. The minimum atomic E-state index is -4.36. The third-order valence-corrected chi connectivity index (χ3v) is 10.4. The molecule has 0 heterocycles. The molecule has 4 rings (SSSR count). The van der Waals surface area contributed by atoms with Gasteiger partial charge in [0.15, 0.2) is 0 Å². The van der Waals surface area contributed by atoms with E-state index in [2.05, 4.69) is 5.32 Å². The van der Waals surface area contributed by atoms with Crippen LogP contribution in [0.4, 0.5) is 5.69 Å². The molecule has 9 nitrogen and oxygen atoms in total. The molecule has 4 aromatic carbocycles. The minimum absolute atomic E-state index is 0.0712. The number of anilines is 1. The van der Waals surface area contributed by atoms with Gasteiger partial charge in [0.25, 0.3) is 10.0 Å². The second-order valence-electron chi connectivity index (χ2n) is 11.1. The number of halogens is 2. The Morgan fingerprint density at radius 2 is 1.46 bits per heavy atom. The number of nitrogens with one attached hydrogen (secondary N) is 1. The van der Waals surface area contributed by atoms with E-state index in [0.717, 1.165) is 9.87 Å². The van der Waals surface area contributed by atoms with Gasteiger partial charge in [-0.05, 0) is 67.4 Å². The fourth-order valence-electron chi connectivity index (χ4n) is 5.07. The van der Waals surface area contributed by atoms with Crippen molar-refractivity contribution in [3.63, 3.8) is 0 Å². The lowest BCUT2D eigenvalue weighted by Crippen LogP contribution is -2.54. The molecule has 2 unspecified atom stereocenters. The second kappa shape index (κ2) is 16.7. The highest BCUT2D eigenvalue weighted by Gasteiger charge is 2.36. The zero-order valence-electron chi connectivity index (χ0n) is 27.2. The Balaban J connectivity index is 1.87. The van der Waals surface area contributed by atoms with E-state index in [1.165, 1.54) is 43.4 Å². The van der Waals surface area contributed by atoms with Crippen LogP contribution < -0.4 is 19.1 Å². The molecule has 0 radical (unpaired) electrons. The first-order chi connectivity index (χ1) is 23.0. The quantitative estimate of drug-likeness (QED) is 0.146. The molecule has 2 amide bonds. The van der Waals surface area contributed by atoms with Crippen molar-refractivity contribution in [2.45, 2.75) is 50.2 Å². The van der Waals surface area contributed by atoms with Gasteiger partial charge in [-0.1, -0.05) is 78.7 Å². The van der Waals surface area contributed by atoms with E-state index in [0.29, 0.717) is 27.8 Å². The lowest BCUT2D eigenvalue weighted by molar-refractivity contribution is -0.140. The number of nitrogens with zero attached hydrogens (tertiary/aromatic N) is 2. The van der Waals surface area contributed by atoms with Crippen LogP contribution in [-0.4, -0.2) is 58.0 Å². The first-order valence-corrected chi connectivity index (χ1v) is 17.6. The van der Waals surface area contributed by atoms with Gasteiger partial charge >= 0.3 is 0 Å². The number of rotatable bonds is 15. The highest BCUT2D eigenvalue weighted by Crippen LogP contribution is 2.34. The van der Waals surface area contributed by atoms with E-state index in [1.54, 1.807) is 42.5 Å². The molecule has 1 N–H and O–H groups in total. The van der Waals surface area contributed by atoms with Gasteiger partial charge in [-0.25, -0.2) is 8.42 Å². The van der Waals surface area contributed by atoms with Gasteiger partial charge in [-0.2, -0.15) is 0 Å². The lowest BCUT2D eigenvalue weighted by atomic mass is 10.0. The smallest absolute Gasteiger partial charge is 0.264 e. The summed E-state index contributed by atoms with van der Waals surface area (Å²) < 4.78 is 40.4. The van der Waals surface area contributed by atoms with Gasteiger partial charge in [0, 0.05) is 34.6 Å². The summed E-state index contributed by atoms with van der Waals surface area (Å²) in [6, 6.07) is 25.4. The van der Waals surface area contributed by atoms with E-state index in [4.69, 9.17) is 32.7 Å². The van der Waals surface area contributed by atoms with Gasteiger partial charge in [0.05, 0.1) is 24.8 Å². The van der Waals surface area contributed by atoms with Crippen molar-refractivity contribution in [3.05, 3.63) is 118 Å². The summed E-state index contributed by atoms with van der Waals surface area (Å²) >= 11 is 13.2. The molecule has 254 valence electrons. The third kappa shape index (κ3) is 8.80. The van der Waals surface area contributed by atoms with Gasteiger partial charge in [-0.15, -0.1) is 0 Å². The van der Waals surface area contributed by atoms with Crippen LogP contribution in [0.15, 0.2) is 102 Å². The Kier molecular flexibility index (Phi) is 12.7. The van der Waals surface area contributed by atoms with Gasteiger partial charge in [-0.3, -0.25) is 13.9 Å². The Labute approximate surface area is 292 Å². The average molecular weight is 713 g/mol. The second-order valence-corrected chi connectivity index (χ2v) is 13.8. The maximum Gasteiger partial charge on any atom is 0.264 e. The van der Waals surface area contributed by atoms with E-state index in [-0.39, 0.29) is 35.3 Å². The van der Waals surface area contributed by atoms with Crippen LogP contribution in [0.2, 0.25) is 10.0 Å². The summed E-state index contributed by atoms with van der Waals surface area (Å²) in [5.74, 6) is -0.355.